The van der Waals surface area contributed by atoms with Crippen molar-refractivity contribution in [1.82, 2.24) is 0 Å². The molecule has 13 heteroatoms. The molecule has 0 N–H and O–H groups in total. The first-order valence-electron chi connectivity index (χ1n) is 13.5. The summed E-state index contributed by atoms with van der Waals surface area (Å²) in [5.74, 6) is 0. The molecule has 0 spiro atoms. The summed E-state index contributed by atoms with van der Waals surface area (Å²) in [5, 5.41) is 0. The molecule has 0 amide bonds. The predicted molar refractivity (Wildman–Crippen MR) is 148 cm³/mol. The predicted octanol–water partition coefficient (Wildman–Crippen LogP) is 3.79. The fourth-order valence-electron chi connectivity index (χ4n) is 4.45. The standard InChI is InChI=1S/C23H50O9Si4/c1-33(2,12-8-10-24-14-21-17-27-21)31-36(7,13-9-11-25-15-22-18-28-22)32-35(5,6)30-34(3,4)20-26-16-23-19-29-23/h21-23H,8-20H2,1-7H3. The van der Waals surface area contributed by atoms with Crippen molar-refractivity contribution in [2.75, 3.05) is 59.1 Å². The molecule has 0 radical (unpaired) electrons. The first-order valence-corrected chi connectivity index (χ1v) is 25.1. The van der Waals surface area contributed by atoms with Crippen LogP contribution in [0.4, 0.5) is 0 Å². The average molecular weight is 583 g/mol. The maximum Gasteiger partial charge on any atom is 0.315 e. The SMILES string of the molecule is C[Si](C)(COCC1CO1)O[Si](C)(C)O[Si](C)(CCCOCC1CO1)O[Si](C)(C)CCCOCC1CO1. The molecular formula is C23H50O9Si4. The zero-order valence-corrected chi connectivity index (χ0v) is 27.6. The van der Waals surface area contributed by atoms with Crippen molar-refractivity contribution in [2.45, 2.75) is 89.1 Å². The van der Waals surface area contributed by atoms with Crippen LogP contribution in [0.1, 0.15) is 12.8 Å². The molecule has 3 fully saturated rings. The monoisotopic (exact) mass is 582 g/mol. The van der Waals surface area contributed by atoms with Gasteiger partial charge in [-0.25, -0.2) is 0 Å². The van der Waals surface area contributed by atoms with Gasteiger partial charge in [0.2, 0.25) is 8.32 Å². The van der Waals surface area contributed by atoms with E-state index in [-0.39, 0.29) is 6.10 Å². The lowest BCUT2D eigenvalue weighted by Gasteiger charge is -2.42. The van der Waals surface area contributed by atoms with Gasteiger partial charge in [-0.3, -0.25) is 0 Å². The Morgan fingerprint density at radius 3 is 1.56 bits per heavy atom. The smallest absolute Gasteiger partial charge is 0.315 e. The van der Waals surface area contributed by atoms with E-state index < -0.39 is 33.8 Å². The van der Waals surface area contributed by atoms with Crippen LogP contribution in [0.3, 0.4) is 0 Å². The van der Waals surface area contributed by atoms with Crippen LogP contribution < -0.4 is 0 Å². The lowest BCUT2D eigenvalue weighted by Crippen LogP contribution is -2.58. The van der Waals surface area contributed by atoms with E-state index in [1.807, 2.05) is 0 Å². The van der Waals surface area contributed by atoms with Crippen LogP contribution in [0.5, 0.6) is 0 Å². The maximum absolute atomic E-state index is 6.99. The van der Waals surface area contributed by atoms with Crippen molar-refractivity contribution < 1.29 is 40.8 Å². The molecule has 36 heavy (non-hydrogen) atoms. The van der Waals surface area contributed by atoms with E-state index >= 15 is 0 Å². The minimum Gasteiger partial charge on any atom is -0.436 e. The third-order valence-corrected chi connectivity index (χ3v) is 21.6. The van der Waals surface area contributed by atoms with E-state index in [2.05, 4.69) is 45.8 Å². The van der Waals surface area contributed by atoms with Crippen molar-refractivity contribution in [3.05, 3.63) is 0 Å². The summed E-state index contributed by atoms with van der Waals surface area (Å²) in [7, 11) is -8.97. The lowest BCUT2D eigenvalue weighted by molar-refractivity contribution is 0.115. The van der Waals surface area contributed by atoms with Gasteiger partial charge in [-0.1, -0.05) is 0 Å². The maximum atomic E-state index is 6.99. The van der Waals surface area contributed by atoms with E-state index in [4.69, 9.17) is 40.8 Å². The summed E-state index contributed by atoms with van der Waals surface area (Å²) in [5.41, 5.74) is 0. The molecule has 0 aromatic rings. The van der Waals surface area contributed by atoms with Crippen LogP contribution in [0, 0.1) is 0 Å². The number of hydrogen-bond acceptors (Lipinski definition) is 9. The molecule has 0 aromatic carbocycles. The van der Waals surface area contributed by atoms with Crippen LogP contribution in [0.2, 0.25) is 57.9 Å². The van der Waals surface area contributed by atoms with E-state index in [1.54, 1.807) is 0 Å². The summed E-state index contributed by atoms with van der Waals surface area (Å²) < 4.78 is 53.8. The summed E-state index contributed by atoms with van der Waals surface area (Å²) in [6.07, 6.45) is 3.45. The average Bonchev–Trinajstić information content (AvgIpc) is 3.56. The van der Waals surface area contributed by atoms with Crippen LogP contribution in [0.15, 0.2) is 0 Å². The molecule has 0 saturated carbocycles. The topological polar surface area (TPSA) is 93.0 Å². The Hall–Kier alpha value is 0.508. The van der Waals surface area contributed by atoms with Crippen LogP contribution >= 0.6 is 0 Å². The molecule has 3 aliphatic rings. The Morgan fingerprint density at radius 1 is 0.583 bits per heavy atom. The molecule has 212 valence electrons. The van der Waals surface area contributed by atoms with Gasteiger partial charge in [-0.05, 0) is 70.8 Å². The molecule has 0 bridgehead atoms. The molecule has 4 unspecified atom stereocenters. The summed E-state index contributed by atoms with van der Waals surface area (Å²) >= 11 is 0. The van der Waals surface area contributed by atoms with Gasteiger partial charge in [0.15, 0.2) is 8.32 Å². The Labute approximate surface area is 222 Å². The second-order valence-electron chi connectivity index (χ2n) is 12.1. The van der Waals surface area contributed by atoms with Crippen molar-refractivity contribution >= 4 is 33.8 Å². The molecular weight excluding hydrogens is 533 g/mol. The second kappa shape index (κ2) is 13.7. The summed E-state index contributed by atoms with van der Waals surface area (Å²) in [6, 6.07) is 1.93. The van der Waals surface area contributed by atoms with E-state index in [0.717, 1.165) is 51.4 Å². The van der Waals surface area contributed by atoms with Gasteiger partial charge >= 0.3 is 17.1 Å². The van der Waals surface area contributed by atoms with Gasteiger partial charge in [-0.2, -0.15) is 0 Å². The van der Waals surface area contributed by atoms with Crippen LogP contribution in [-0.4, -0.2) is 111 Å². The molecule has 3 rings (SSSR count). The van der Waals surface area contributed by atoms with Gasteiger partial charge in [0.05, 0.1) is 45.9 Å². The van der Waals surface area contributed by atoms with Crippen LogP contribution in [0.25, 0.3) is 0 Å². The van der Waals surface area contributed by atoms with Gasteiger partial charge in [-0.15, -0.1) is 0 Å². The Bertz CT molecular complexity index is 657. The van der Waals surface area contributed by atoms with E-state index in [0.29, 0.717) is 44.9 Å². The first-order chi connectivity index (χ1) is 16.9. The minimum absolute atomic E-state index is 0.272. The van der Waals surface area contributed by atoms with E-state index in [1.165, 1.54) is 0 Å². The highest BCUT2D eigenvalue weighted by Gasteiger charge is 2.46. The van der Waals surface area contributed by atoms with Crippen molar-refractivity contribution in [3.8, 4) is 0 Å². The molecule has 9 nitrogen and oxygen atoms in total. The fourth-order valence-corrected chi connectivity index (χ4v) is 23.5. The number of rotatable bonds is 22. The van der Waals surface area contributed by atoms with Gasteiger partial charge in [0, 0.05) is 13.2 Å². The molecule has 3 saturated heterocycles. The number of ether oxygens (including phenoxy) is 6. The third kappa shape index (κ3) is 14.1. The Morgan fingerprint density at radius 2 is 1.06 bits per heavy atom. The summed E-state index contributed by atoms with van der Waals surface area (Å²) in [6.45, 7) is 21.5. The van der Waals surface area contributed by atoms with Gasteiger partial charge < -0.3 is 40.8 Å². The number of epoxide rings is 3. The third-order valence-electron chi connectivity index (χ3n) is 6.03. The Balaban J connectivity index is 1.49. The zero-order chi connectivity index (χ0) is 26.3. The lowest BCUT2D eigenvalue weighted by atomic mass is 10.5. The first kappa shape index (κ1) is 31.0. The highest BCUT2D eigenvalue weighted by atomic mass is 28.5. The molecule has 0 aliphatic carbocycles. The van der Waals surface area contributed by atoms with Gasteiger partial charge in [0.25, 0.3) is 0 Å². The van der Waals surface area contributed by atoms with Gasteiger partial charge in [0.1, 0.15) is 18.3 Å². The number of hydrogen-bond donors (Lipinski definition) is 0. The van der Waals surface area contributed by atoms with Crippen LogP contribution in [-0.2, 0) is 40.8 Å². The largest absolute Gasteiger partial charge is 0.436 e. The minimum atomic E-state index is -2.51. The summed E-state index contributed by atoms with van der Waals surface area (Å²) in [4.78, 5) is 0. The zero-order valence-electron chi connectivity index (χ0n) is 23.6. The normalized spacial score (nSPS) is 25.6. The van der Waals surface area contributed by atoms with Crippen molar-refractivity contribution in [3.63, 3.8) is 0 Å². The van der Waals surface area contributed by atoms with Crippen molar-refractivity contribution in [1.29, 1.82) is 0 Å². The highest BCUT2D eigenvalue weighted by Crippen LogP contribution is 2.30. The second-order valence-corrected chi connectivity index (χ2v) is 27.9. The highest BCUT2D eigenvalue weighted by molar-refractivity contribution is 6.89. The Kier molecular flexibility index (Phi) is 11.8. The fraction of sp³-hybridized carbons (Fsp3) is 1.00. The quantitative estimate of drug-likeness (QED) is 0.107. The molecule has 4 atom stereocenters. The molecule has 3 aliphatic heterocycles. The van der Waals surface area contributed by atoms with Crippen molar-refractivity contribution in [2.24, 2.45) is 0 Å². The molecule has 0 aromatic heterocycles. The molecule has 3 heterocycles. The van der Waals surface area contributed by atoms with E-state index in [9.17, 15) is 0 Å².